The number of carbonyl (C=O) groups excluding carboxylic acids is 3. The minimum Gasteiger partial charge on any atom is -0.320 e. The van der Waals surface area contributed by atoms with Crippen LogP contribution in [0.3, 0.4) is 0 Å². The Bertz CT molecular complexity index is 283. The van der Waals surface area contributed by atoms with Crippen molar-refractivity contribution >= 4 is 30.7 Å². The second kappa shape index (κ2) is 5.27. The van der Waals surface area contributed by atoms with Gasteiger partial charge in [-0.2, -0.15) is 12.6 Å². The molecule has 0 aromatic heterocycles. The first-order chi connectivity index (χ1) is 7.11. The number of likely N-dealkylation sites (tertiary alicyclic amines) is 1. The predicted octanol–water partition coefficient (Wildman–Crippen LogP) is -0.739. The maximum absolute atomic E-state index is 11.7. The van der Waals surface area contributed by atoms with Crippen molar-refractivity contribution in [3.8, 4) is 0 Å². The number of nitrogens with zero attached hydrogens (tertiary/aromatic N) is 1. The van der Waals surface area contributed by atoms with Gasteiger partial charge in [-0.3, -0.25) is 19.3 Å². The lowest BCUT2D eigenvalue weighted by Gasteiger charge is -2.24. The highest BCUT2D eigenvalue weighted by atomic mass is 32.1. The molecule has 6 heteroatoms. The summed E-state index contributed by atoms with van der Waals surface area (Å²) >= 11 is 3.90. The van der Waals surface area contributed by atoms with E-state index in [0.717, 1.165) is 4.90 Å². The quantitative estimate of drug-likeness (QED) is 0.493. The zero-order valence-corrected chi connectivity index (χ0v) is 9.07. The molecule has 1 rings (SSSR count). The number of imide groups is 1. The van der Waals surface area contributed by atoms with Gasteiger partial charge in [0.2, 0.25) is 18.1 Å². The summed E-state index contributed by atoms with van der Waals surface area (Å²) in [6, 6.07) is -1.62. The van der Waals surface area contributed by atoms with Crippen LogP contribution in [0.4, 0.5) is 0 Å². The lowest BCUT2D eigenvalue weighted by Crippen LogP contribution is -2.51. The summed E-state index contributed by atoms with van der Waals surface area (Å²) in [4.78, 5) is 34.7. The molecule has 1 aliphatic heterocycles. The molecule has 0 bridgehead atoms. The number of hydrogen-bond acceptors (Lipinski definition) is 5. The molecular weight excluding hydrogens is 216 g/mol. The average Bonchev–Trinajstić information content (AvgIpc) is 2.34. The fraction of sp³-hybridized carbons (Fsp3) is 0.667. The molecule has 1 unspecified atom stereocenters. The molecule has 0 aliphatic carbocycles. The Hall–Kier alpha value is -0.880. The van der Waals surface area contributed by atoms with Gasteiger partial charge in [-0.1, -0.05) is 0 Å². The summed E-state index contributed by atoms with van der Waals surface area (Å²) in [6.45, 7) is 0. The van der Waals surface area contributed by atoms with Crippen LogP contribution in [0.2, 0.25) is 0 Å². The van der Waals surface area contributed by atoms with Crippen LogP contribution < -0.4 is 5.73 Å². The van der Waals surface area contributed by atoms with Gasteiger partial charge in [0.15, 0.2) is 0 Å². The monoisotopic (exact) mass is 229 g/mol. The molecule has 2 N–H and O–H groups in total. The summed E-state index contributed by atoms with van der Waals surface area (Å²) in [5.41, 5.74) is 5.58. The summed E-state index contributed by atoms with van der Waals surface area (Å²) in [7, 11) is 0. The fourth-order valence-corrected chi connectivity index (χ4v) is 1.76. The van der Waals surface area contributed by atoms with Crippen molar-refractivity contribution in [2.45, 2.75) is 31.3 Å². The molecule has 1 aliphatic rings. The van der Waals surface area contributed by atoms with Gasteiger partial charge in [-0.25, -0.2) is 0 Å². The normalized spacial score (nSPS) is 24.9. The molecule has 0 aromatic carbocycles. The molecule has 2 amide bonds. The van der Waals surface area contributed by atoms with E-state index < -0.39 is 18.0 Å². The van der Waals surface area contributed by atoms with Crippen LogP contribution in [0.5, 0.6) is 0 Å². The summed E-state index contributed by atoms with van der Waals surface area (Å²) < 4.78 is 0. The van der Waals surface area contributed by atoms with Crippen LogP contribution in [-0.4, -0.2) is 40.8 Å². The van der Waals surface area contributed by atoms with E-state index in [1.165, 1.54) is 0 Å². The van der Waals surface area contributed by atoms with Crippen molar-refractivity contribution < 1.29 is 14.4 Å². The SMILES string of the molecule is NC1CCCC(=O)N([C@H]([C]=O)CS)C1=O. The van der Waals surface area contributed by atoms with Crippen molar-refractivity contribution in [1.29, 1.82) is 0 Å². The summed E-state index contributed by atoms with van der Waals surface area (Å²) in [5.74, 6) is -0.788. The van der Waals surface area contributed by atoms with Crippen LogP contribution in [0, 0.1) is 0 Å². The Morgan fingerprint density at radius 3 is 2.80 bits per heavy atom. The van der Waals surface area contributed by atoms with Gasteiger partial charge in [0.1, 0.15) is 6.04 Å². The van der Waals surface area contributed by atoms with E-state index in [9.17, 15) is 14.4 Å². The number of hydrogen-bond donors (Lipinski definition) is 2. The van der Waals surface area contributed by atoms with Crippen molar-refractivity contribution in [3.05, 3.63) is 0 Å². The minimum atomic E-state index is -0.919. The van der Waals surface area contributed by atoms with E-state index in [-0.39, 0.29) is 18.1 Å². The molecule has 0 saturated carbocycles. The van der Waals surface area contributed by atoms with E-state index in [1.807, 2.05) is 0 Å². The smallest absolute Gasteiger partial charge is 0.246 e. The second-order valence-corrected chi connectivity index (χ2v) is 3.78. The molecule has 1 fully saturated rings. The summed E-state index contributed by atoms with van der Waals surface area (Å²) in [5, 5.41) is 0. The molecule has 15 heavy (non-hydrogen) atoms. The van der Waals surface area contributed by atoms with E-state index in [2.05, 4.69) is 12.6 Å². The van der Waals surface area contributed by atoms with Gasteiger partial charge < -0.3 is 5.73 Å². The van der Waals surface area contributed by atoms with Gasteiger partial charge in [0, 0.05) is 12.2 Å². The third-order valence-electron chi connectivity index (χ3n) is 2.35. The minimum absolute atomic E-state index is 0.0771. The van der Waals surface area contributed by atoms with E-state index in [4.69, 9.17) is 5.73 Å². The Morgan fingerprint density at radius 1 is 1.60 bits per heavy atom. The molecule has 0 spiro atoms. The molecule has 1 saturated heterocycles. The van der Waals surface area contributed by atoms with Gasteiger partial charge in [0.25, 0.3) is 0 Å². The number of thiol groups is 1. The summed E-state index contributed by atoms with van der Waals surface area (Å²) in [6.07, 6.45) is 2.92. The zero-order valence-electron chi connectivity index (χ0n) is 8.18. The Morgan fingerprint density at radius 2 is 2.27 bits per heavy atom. The van der Waals surface area contributed by atoms with Gasteiger partial charge in [-0.05, 0) is 12.8 Å². The largest absolute Gasteiger partial charge is 0.320 e. The first-order valence-electron chi connectivity index (χ1n) is 4.71. The lowest BCUT2D eigenvalue weighted by molar-refractivity contribution is -0.145. The predicted molar refractivity (Wildman–Crippen MR) is 57.0 cm³/mol. The number of rotatable bonds is 3. The standard InChI is InChI=1S/C9H13N2O3S/c10-7-2-1-3-8(13)11(9(7)14)6(4-12)5-15/h6-7,15H,1-3,5,10H2/t6-,7?/m1/s1. The van der Waals surface area contributed by atoms with Crippen LogP contribution in [-0.2, 0) is 14.4 Å². The molecule has 83 valence electrons. The lowest BCUT2D eigenvalue weighted by atomic mass is 10.1. The molecule has 0 aromatic rings. The van der Waals surface area contributed by atoms with Crippen molar-refractivity contribution in [3.63, 3.8) is 0 Å². The third-order valence-corrected chi connectivity index (χ3v) is 2.70. The van der Waals surface area contributed by atoms with Crippen LogP contribution >= 0.6 is 12.6 Å². The van der Waals surface area contributed by atoms with Crippen LogP contribution in [0.25, 0.3) is 0 Å². The van der Waals surface area contributed by atoms with Gasteiger partial charge in [0.05, 0.1) is 6.04 Å². The number of nitrogens with two attached hydrogens (primary N) is 1. The molecule has 1 heterocycles. The van der Waals surface area contributed by atoms with E-state index in [0.29, 0.717) is 12.8 Å². The van der Waals surface area contributed by atoms with Gasteiger partial charge in [-0.15, -0.1) is 0 Å². The topological polar surface area (TPSA) is 80.5 Å². The first kappa shape index (κ1) is 12.2. The van der Waals surface area contributed by atoms with Crippen LogP contribution in [0.1, 0.15) is 19.3 Å². The Labute approximate surface area is 93.4 Å². The van der Waals surface area contributed by atoms with E-state index >= 15 is 0 Å². The molecular formula is C9H13N2O3S. The first-order valence-corrected chi connectivity index (χ1v) is 5.35. The third kappa shape index (κ3) is 2.57. The fourth-order valence-electron chi connectivity index (χ4n) is 1.52. The number of amides is 2. The Balaban J connectivity index is 2.92. The van der Waals surface area contributed by atoms with Crippen molar-refractivity contribution in [1.82, 2.24) is 4.90 Å². The maximum atomic E-state index is 11.7. The van der Waals surface area contributed by atoms with Gasteiger partial charge >= 0.3 is 0 Å². The highest BCUT2D eigenvalue weighted by Crippen LogP contribution is 2.14. The Kier molecular flexibility index (Phi) is 4.28. The maximum Gasteiger partial charge on any atom is 0.246 e. The molecule has 2 atom stereocenters. The van der Waals surface area contributed by atoms with Crippen LogP contribution in [0.15, 0.2) is 0 Å². The van der Waals surface area contributed by atoms with Crippen molar-refractivity contribution in [2.75, 3.05) is 5.75 Å². The second-order valence-electron chi connectivity index (χ2n) is 3.42. The molecule has 5 nitrogen and oxygen atoms in total. The highest BCUT2D eigenvalue weighted by molar-refractivity contribution is 7.80. The zero-order chi connectivity index (χ0) is 11.4. The average molecular weight is 229 g/mol. The molecule has 1 radical (unpaired) electrons. The van der Waals surface area contributed by atoms with E-state index in [1.54, 1.807) is 6.29 Å². The van der Waals surface area contributed by atoms with Crippen molar-refractivity contribution in [2.24, 2.45) is 5.73 Å². The number of carbonyl (C=O) groups is 2. The highest BCUT2D eigenvalue weighted by Gasteiger charge is 2.34.